The molecule has 1 aromatic carbocycles. The number of phenolic OH excluding ortho intramolecular Hbond substituents is 1. The Morgan fingerprint density at radius 2 is 2.35 bits per heavy atom. The third-order valence-corrected chi connectivity index (χ3v) is 3.07. The lowest BCUT2D eigenvalue weighted by atomic mass is 10.1. The van der Waals surface area contributed by atoms with E-state index in [9.17, 15) is 9.90 Å². The molecule has 0 spiro atoms. The van der Waals surface area contributed by atoms with Gasteiger partial charge in [0, 0.05) is 17.6 Å². The average molecular weight is 255 g/mol. The molecule has 1 amide bonds. The summed E-state index contributed by atoms with van der Waals surface area (Å²) in [4.78, 5) is 11.9. The van der Waals surface area contributed by atoms with E-state index in [1.165, 1.54) is 12.1 Å². The van der Waals surface area contributed by atoms with Gasteiger partial charge in [-0.1, -0.05) is 11.6 Å². The monoisotopic (exact) mass is 254 g/mol. The fourth-order valence-electron chi connectivity index (χ4n) is 1.93. The van der Waals surface area contributed by atoms with Crippen LogP contribution in [0, 0.1) is 0 Å². The normalized spacial score (nSPS) is 19.9. The van der Waals surface area contributed by atoms with Gasteiger partial charge in [0.25, 0.3) is 5.91 Å². The molecule has 3 N–H and O–H groups in total. The Hall–Kier alpha value is -1.26. The fourth-order valence-corrected chi connectivity index (χ4v) is 2.10. The molecule has 0 aliphatic carbocycles. The molecule has 0 saturated carbocycles. The van der Waals surface area contributed by atoms with Gasteiger partial charge in [-0.3, -0.25) is 4.79 Å². The number of carbonyl (C=O) groups excluding carboxylic acids is 1. The van der Waals surface area contributed by atoms with Crippen LogP contribution in [0.15, 0.2) is 18.2 Å². The lowest BCUT2D eigenvalue weighted by Gasteiger charge is -2.23. The Labute approximate surface area is 105 Å². The number of hydrogen-bond donors (Lipinski definition) is 3. The second kappa shape index (κ2) is 5.38. The number of phenols is 1. The lowest BCUT2D eigenvalue weighted by Crippen LogP contribution is -2.45. The van der Waals surface area contributed by atoms with E-state index in [4.69, 9.17) is 11.6 Å². The topological polar surface area (TPSA) is 61.4 Å². The molecule has 0 aromatic heterocycles. The van der Waals surface area contributed by atoms with Gasteiger partial charge < -0.3 is 15.7 Å². The van der Waals surface area contributed by atoms with Crippen molar-refractivity contribution in [3.05, 3.63) is 28.8 Å². The maximum absolute atomic E-state index is 11.9. The highest BCUT2D eigenvalue weighted by Crippen LogP contribution is 2.21. The minimum Gasteiger partial charge on any atom is -0.507 e. The molecule has 2 rings (SSSR count). The van der Waals surface area contributed by atoms with E-state index in [1.54, 1.807) is 6.07 Å². The highest BCUT2D eigenvalue weighted by molar-refractivity contribution is 6.31. The van der Waals surface area contributed by atoms with Crippen LogP contribution in [-0.2, 0) is 0 Å². The van der Waals surface area contributed by atoms with E-state index in [1.807, 2.05) is 0 Å². The first-order valence-electron chi connectivity index (χ1n) is 5.67. The van der Waals surface area contributed by atoms with Crippen molar-refractivity contribution in [2.24, 2.45) is 0 Å². The maximum atomic E-state index is 11.9. The van der Waals surface area contributed by atoms with Crippen LogP contribution in [0.3, 0.4) is 0 Å². The van der Waals surface area contributed by atoms with Crippen molar-refractivity contribution < 1.29 is 9.90 Å². The molecule has 1 fully saturated rings. The smallest absolute Gasteiger partial charge is 0.255 e. The lowest BCUT2D eigenvalue weighted by molar-refractivity contribution is 0.0928. The first kappa shape index (κ1) is 12.2. The minimum absolute atomic E-state index is 0.0457. The molecule has 1 saturated heterocycles. The quantitative estimate of drug-likeness (QED) is 0.750. The Morgan fingerprint density at radius 3 is 3.06 bits per heavy atom. The summed E-state index contributed by atoms with van der Waals surface area (Å²) >= 11 is 5.80. The summed E-state index contributed by atoms with van der Waals surface area (Å²) in [5.74, 6) is -0.325. The summed E-state index contributed by atoms with van der Waals surface area (Å²) in [5.41, 5.74) is 0.225. The minimum atomic E-state index is -0.279. The standard InChI is InChI=1S/C12H15ClN2O2/c13-8-3-4-11(16)10(6-8)12(17)15-9-2-1-5-14-7-9/h3-4,6,9,14,16H,1-2,5,7H2,(H,15,17). The van der Waals surface area contributed by atoms with Crippen LogP contribution in [-0.4, -0.2) is 30.1 Å². The van der Waals surface area contributed by atoms with Crippen LogP contribution in [0.2, 0.25) is 5.02 Å². The third-order valence-electron chi connectivity index (χ3n) is 2.84. The van der Waals surface area contributed by atoms with Crippen molar-refractivity contribution in [1.82, 2.24) is 10.6 Å². The zero-order valence-electron chi connectivity index (χ0n) is 9.37. The van der Waals surface area contributed by atoms with Crippen molar-refractivity contribution in [1.29, 1.82) is 0 Å². The average Bonchev–Trinajstić information content (AvgIpc) is 2.33. The van der Waals surface area contributed by atoms with Gasteiger partial charge in [0.05, 0.1) is 5.56 Å². The molecule has 1 aliphatic heterocycles. The Bertz CT molecular complexity index is 417. The molecule has 1 aliphatic rings. The number of nitrogens with one attached hydrogen (secondary N) is 2. The highest BCUT2D eigenvalue weighted by atomic mass is 35.5. The third kappa shape index (κ3) is 3.11. The molecule has 5 heteroatoms. The number of hydrogen-bond acceptors (Lipinski definition) is 3. The maximum Gasteiger partial charge on any atom is 0.255 e. The summed E-state index contributed by atoms with van der Waals surface area (Å²) in [6.45, 7) is 1.77. The SMILES string of the molecule is O=C(NC1CCCNC1)c1cc(Cl)ccc1O. The van der Waals surface area contributed by atoms with Crippen LogP contribution in [0.1, 0.15) is 23.2 Å². The van der Waals surface area contributed by atoms with Crippen LogP contribution in [0.4, 0.5) is 0 Å². The zero-order chi connectivity index (χ0) is 12.3. The molecule has 1 heterocycles. The molecule has 1 atom stereocenters. The summed E-state index contributed by atoms with van der Waals surface area (Å²) in [6.07, 6.45) is 2.01. The highest BCUT2D eigenvalue weighted by Gasteiger charge is 2.18. The second-order valence-corrected chi connectivity index (χ2v) is 4.61. The number of piperidine rings is 1. The van der Waals surface area contributed by atoms with Crippen molar-refractivity contribution in [2.45, 2.75) is 18.9 Å². The van der Waals surface area contributed by atoms with Crippen LogP contribution in [0.25, 0.3) is 0 Å². The van der Waals surface area contributed by atoms with Crippen LogP contribution >= 0.6 is 11.6 Å². The number of aromatic hydroxyl groups is 1. The van der Waals surface area contributed by atoms with Crippen molar-refractivity contribution >= 4 is 17.5 Å². The molecular formula is C12H15ClN2O2. The van der Waals surface area contributed by atoms with Gasteiger partial charge in [0.2, 0.25) is 0 Å². The number of halogens is 1. The van der Waals surface area contributed by atoms with Gasteiger partial charge in [-0.25, -0.2) is 0 Å². The van der Waals surface area contributed by atoms with Gasteiger partial charge in [0.15, 0.2) is 0 Å². The Balaban J connectivity index is 2.05. The molecule has 92 valence electrons. The van der Waals surface area contributed by atoms with Gasteiger partial charge in [-0.15, -0.1) is 0 Å². The van der Waals surface area contributed by atoms with Crippen molar-refractivity contribution in [3.8, 4) is 5.75 Å². The van der Waals surface area contributed by atoms with E-state index >= 15 is 0 Å². The first-order chi connectivity index (χ1) is 8.16. The molecule has 17 heavy (non-hydrogen) atoms. The van der Waals surface area contributed by atoms with Gasteiger partial charge in [-0.05, 0) is 37.6 Å². The van der Waals surface area contributed by atoms with Gasteiger partial charge in [0.1, 0.15) is 5.75 Å². The van der Waals surface area contributed by atoms with E-state index < -0.39 is 0 Å². The Morgan fingerprint density at radius 1 is 1.53 bits per heavy atom. The second-order valence-electron chi connectivity index (χ2n) is 4.18. The van der Waals surface area contributed by atoms with Crippen LogP contribution in [0.5, 0.6) is 5.75 Å². The predicted octanol–water partition coefficient (Wildman–Crippen LogP) is 1.53. The number of benzene rings is 1. The molecule has 1 aromatic rings. The summed E-state index contributed by atoms with van der Waals surface area (Å²) in [6, 6.07) is 4.57. The summed E-state index contributed by atoms with van der Waals surface area (Å²) in [5, 5.41) is 16.1. The fraction of sp³-hybridized carbons (Fsp3) is 0.417. The predicted molar refractivity (Wildman–Crippen MR) is 66.5 cm³/mol. The molecular weight excluding hydrogens is 240 g/mol. The largest absolute Gasteiger partial charge is 0.507 e. The molecule has 1 unspecified atom stereocenters. The zero-order valence-corrected chi connectivity index (χ0v) is 10.1. The number of carbonyl (C=O) groups is 1. The van der Waals surface area contributed by atoms with Gasteiger partial charge in [-0.2, -0.15) is 0 Å². The first-order valence-corrected chi connectivity index (χ1v) is 6.04. The molecule has 4 nitrogen and oxygen atoms in total. The van der Waals surface area contributed by atoms with E-state index in [2.05, 4.69) is 10.6 Å². The van der Waals surface area contributed by atoms with E-state index in [0.717, 1.165) is 25.9 Å². The van der Waals surface area contributed by atoms with E-state index in [0.29, 0.717) is 5.02 Å². The molecule has 0 radical (unpaired) electrons. The number of rotatable bonds is 2. The van der Waals surface area contributed by atoms with E-state index in [-0.39, 0.29) is 23.3 Å². The van der Waals surface area contributed by atoms with Crippen molar-refractivity contribution in [2.75, 3.05) is 13.1 Å². The summed E-state index contributed by atoms with van der Waals surface area (Å²) in [7, 11) is 0. The number of amides is 1. The van der Waals surface area contributed by atoms with Crippen LogP contribution < -0.4 is 10.6 Å². The van der Waals surface area contributed by atoms with Gasteiger partial charge >= 0.3 is 0 Å². The van der Waals surface area contributed by atoms with Crippen molar-refractivity contribution in [3.63, 3.8) is 0 Å². The Kier molecular flexibility index (Phi) is 3.86. The molecule has 0 bridgehead atoms. The summed E-state index contributed by atoms with van der Waals surface area (Å²) < 4.78 is 0.